The molecule has 2 heterocycles. The highest BCUT2D eigenvalue weighted by Crippen LogP contribution is 2.29. The van der Waals surface area contributed by atoms with Crippen LogP contribution in [-0.2, 0) is 14.3 Å². The van der Waals surface area contributed by atoms with Crippen LogP contribution >= 0.6 is 0 Å². The van der Waals surface area contributed by atoms with Crippen LogP contribution in [0.2, 0.25) is 0 Å². The Morgan fingerprint density at radius 2 is 2.21 bits per heavy atom. The zero-order valence-electron chi connectivity index (χ0n) is 13.5. The Hall–Kier alpha value is -2.84. The molecule has 2 atom stereocenters. The van der Waals surface area contributed by atoms with Gasteiger partial charge in [0.05, 0.1) is 11.9 Å². The van der Waals surface area contributed by atoms with Crippen LogP contribution < -0.4 is 15.4 Å². The van der Waals surface area contributed by atoms with Crippen molar-refractivity contribution in [3.8, 4) is 5.75 Å². The van der Waals surface area contributed by atoms with Gasteiger partial charge in [-0.2, -0.15) is 0 Å². The molecule has 2 rings (SSSR count). The maximum Gasteiger partial charge on any atom is 0.408 e. The number of pyridine rings is 1. The molecule has 3 N–H and O–H groups in total. The maximum atomic E-state index is 12.0. The summed E-state index contributed by atoms with van der Waals surface area (Å²) in [6.07, 6.45) is 0.700. The van der Waals surface area contributed by atoms with Crippen molar-refractivity contribution < 1.29 is 29.0 Å². The van der Waals surface area contributed by atoms with Crippen LogP contribution in [0.4, 0.5) is 10.5 Å². The van der Waals surface area contributed by atoms with Gasteiger partial charge in [-0.05, 0) is 26.8 Å². The van der Waals surface area contributed by atoms with Crippen LogP contribution in [0.5, 0.6) is 5.75 Å². The normalized spacial score (nSPS) is 17.8. The second-order valence-corrected chi connectivity index (χ2v) is 6.24. The molecule has 0 aliphatic carbocycles. The number of nitrogens with one attached hydrogen (secondary N) is 2. The minimum atomic E-state index is -1.34. The number of carboxylic acid groups (broad SMARTS) is 1. The number of carbonyl (C=O) groups excluding carboxylic acids is 2. The van der Waals surface area contributed by atoms with Crippen molar-refractivity contribution in [3.63, 3.8) is 0 Å². The smallest absolute Gasteiger partial charge is 0.408 e. The molecule has 0 saturated carbocycles. The van der Waals surface area contributed by atoms with Gasteiger partial charge in [0.2, 0.25) is 0 Å². The molecule has 0 aromatic carbocycles. The fourth-order valence-corrected chi connectivity index (χ4v) is 2.04. The van der Waals surface area contributed by atoms with Gasteiger partial charge in [-0.1, -0.05) is 0 Å². The molecule has 0 unspecified atom stereocenters. The van der Waals surface area contributed by atoms with Gasteiger partial charge in [0, 0.05) is 12.6 Å². The molecule has 2 amide bonds. The minimum Gasteiger partial charge on any atom is -0.480 e. The molecule has 1 aromatic rings. The quantitative estimate of drug-likeness (QED) is 0.752. The number of hydrogen-bond donors (Lipinski definition) is 3. The first-order valence-electron chi connectivity index (χ1n) is 7.29. The van der Waals surface area contributed by atoms with Crippen LogP contribution in [0.25, 0.3) is 0 Å². The molecule has 24 heavy (non-hydrogen) atoms. The number of alkyl carbamates (subject to hydrolysis) is 1. The molecule has 1 aromatic heterocycles. The lowest BCUT2D eigenvalue weighted by molar-refractivity contribution is -0.140. The van der Waals surface area contributed by atoms with Crippen LogP contribution in [-0.4, -0.2) is 45.8 Å². The summed E-state index contributed by atoms with van der Waals surface area (Å²) in [6.45, 7) is 4.97. The van der Waals surface area contributed by atoms with Gasteiger partial charge in [-0.25, -0.2) is 9.59 Å². The largest absolute Gasteiger partial charge is 0.480 e. The molecule has 0 saturated heterocycles. The number of aromatic nitrogens is 1. The summed E-state index contributed by atoms with van der Waals surface area (Å²) in [6, 6.07) is 0.227. The molecule has 130 valence electrons. The Morgan fingerprint density at radius 1 is 1.50 bits per heavy atom. The highest BCUT2D eigenvalue weighted by molar-refractivity contribution is 5.98. The molecular weight excluding hydrogens is 318 g/mol. The monoisotopic (exact) mass is 337 g/mol. The third-order valence-electron chi connectivity index (χ3n) is 3.04. The number of aliphatic carboxylic acids is 1. The fraction of sp³-hybridized carbons (Fsp3) is 0.467. The predicted molar refractivity (Wildman–Crippen MR) is 82.7 cm³/mol. The van der Waals surface area contributed by atoms with Gasteiger partial charge in [0.25, 0.3) is 5.91 Å². The molecule has 0 bridgehead atoms. The standard InChI is InChI=1S/C15H19N3O6/c1-15(2,3)24-14(22)18-9(13(20)21)6-10-12(19)17-8-4-5-16-7-11(8)23-10/h4-5,7,9-10H,6H2,1-3H3,(H,17,19)(H,18,22)(H,20,21)/t9-,10-/m0/s1. The van der Waals surface area contributed by atoms with Gasteiger partial charge in [-0.3, -0.25) is 9.78 Å². The van der Waals surface area contributed by atoms with Gasteiger partial charge in [0.15, 0.2) is 11.9 Å². The van der Waals surface area contributed by atoms with Gasteiger partial charge in [0.1, 0.15) is 11.6 Å². The lowest BCUT2D eigenvalue weighted by atomic mass is 10.1. The van der Waals surface area contributed by atoms with E-state index in [4.69, 9.17) is 9.47 Å². The number of carbonyl (C=O) groups is 3. The maximum absolute atomic E-state index is 12.0. The van der Waals surface area contributed by atoms with E-state index < -0.39 is 35.7 Å². The summed E-state index contributed by atoms with van der Waals surface area (Å²) in [4.78, 5) is 39.0. The first-order chi connectivity index (χ1) is 11.2. The Morgan fingerprint density at radius 3 is 2.83 bits per heavy atom. The van der Waals surface area contributed by atoms with Crippen molar-refractivity contribution in [2.45, 2.75) is 44.9 Å². The van der Waals surface area contributed by atoms with E-state index >= 15 is 0 Å². The van der Waals surface area contributed by atoms with Crippen molar-refractivity contribution in [3.05, 3.63) is 18.5 Å². The Labute approximate surface area is 138 Å². The van der Waals surface area contributed by atoms with Crippen LogP contribution in [0.3, 0.4) is 0 Å². The van der Waals surface area contributed by atoms with Crippen molar-refractivity contribution in [2.24, 2.45) is 0 Å². The van der Waals surface area contributed by atoms with E-state index in [2.05, 4.69) is 15.6 Å². The summed E-state index contributed by atoms with van der Waals surface area (Å²) >= 11 is 0. The summed E-state index contributed by atoms with van der Waals surface area (Å²) < 4.78 is 10.5. The van der Waals surface area contributed by atoms with Crippen LogP contribution in [0.1, 0.15) is 27.2 Å². The Balaban J connectivity index is 2.04. The fourth-order valence-electron chi connectivity index (χ4n) is 2.04. The number of anilines is 1. The summed E-state index contributed by atoms with van der Waals surface area (Å²) in [7, 11) is 0. The molecule has 9 heteroatoms. The number of fused-ring (bicyclic) bond motifs is 1. The van der Waals surface area contributed by atoms with Crippen molar-refractivity contribution in [1.29, 1.82) is 0 Å². The first-order valence-corrected chi connectivity index (χ1v) is 7.29. The second kappa shape index (κ2) is 6.73. The summed E-state index contributed by atoms with van der Waals surface area (Å²) in [5, 5.41) is 14.1. The Kier molecular flexibility index (Phi) is 4.91. The SMILES string of the molecule is CC(C)(C)OC(=O)N[C@@H](C[C@@H]1Oc2cnccc2NC1=O)C(=O)O. The highest BCUT2D eigenvalue weighted by atomic mass is 16.6. The molecule has 9 nitrogen and oxygen atoms in total. The summed E-state index contributed by atoms with van der Waals surface area (Å²) in [5.41, 5.74) is -0.311. The second-order valence-electron chi connectivity index (χ2n) is 6.24. The van der Waals surface area contributed by atoms with Crippen molar-refractivity contribution in [2.75, 3.05) is 5.32 Å². The van der Waals surface area contributed by atoms with E-state index in [9.17, 15) is 19.5 Å². The topological polar surface area (TPSA) is 127 Å². The van der Waals surface area contributed by atoms with E-state index in [1.54, 1.807) is 26.8 Å². The zero-order chi connectivity index (χ0) is 17.9. The molecule has 0 radical (unpaired) electrons. The third-order valence-corrected chi connectivity index (χ3v) is 3.04. The lowest BCUT2D eigenvalue weighted by Gasteiger charge is -2.28. The predicted octanol–water partition coefficient (Wildman–Crippen LogP) is 1.15. The number of carboxylic acids is 1. The molecule has 0 fully saturated rings. The van der Waals surface area contributed by atoms with Crippen LogP contribution in [0.15, 0.2) is 18.5 Å². The zero-order valence-corrected chi connectivity index (χ0v) is 13.5. The van der Waals surface area contributed by atoms with E-state index in [1.807, 2.05) is 0 Å². The molecular formula is C15H19N3O6. The summed E-state index contributed by atoms with van der Waals surface area (Å²) in [5.74, 6) is -1.45. The number of rotatable bonds is 4. The lowest BCUT2D eigenvalue weighted by Crippen LogP contribution is -2.48. The molecule has 1 aliphatic rings. The van der Waals surface area contributed by atoms with Gasteiger partial charge >= 0.3 is 12.1 Å². The molecule has 1 aliphatic heterocycles. The number of hydrogen-bond acceptors (Lipinski definition) is 6. The average Bonchev–Trinajstić information content (AvgIpc) is 2.45. The number of ether oxygens (including phenoxy) is 2. The number of amides is 2. The average molecular weight is 337 g/mol. The highest BCUT2D eigenvalue weighted by Gasteiger charge is 2.34. The van der Waals surface area contributed by atoms with Crippen molar-refractivity contribution in [1.82, 2.24) is 10.3 Å². The van der Waals surface area contributed by atoms with Gasteiger partial charge in [-0.15, -0.1) is 0 Å². The first kappa shape index (κ1) is 17.5. The van der Waals surface area contributed by atoms with E-state index in [-0.39, 0.29) is 6.42 Å². The molecule has 0 spiro atoms. The van der Waals surface area contributed by atoms with Gasteiger partial charge < -0.3 is 25.2 Å². The van der Waals surface area contributed by atoms with Crippen molar-refractivity contribution >= 4 is 23.7 Å². The number of nitrogens with zero attached hydrogens (tertiary/aromatic N) is 1. The third kappa shape index (κ3) is 4.58. The van der Waals surface area contributed by atoms with E-state index in [0.717, 1.165) is 0 Å². The van der Waals surface area contributed by atoms with E-state index in [1.165, 1.54) is 12.4 Å². The van der Waals surface area contributed by atoms with Crippen LogP contribution in [0, 0.1) is 0 Å². The van der Waals surface area contributed by atoms with E-state index in [0.29, 0.717) is 11.4 Å². The Bertz CT molecular complexity index is 655. The minimum absolute atomic E-state index is 0.255.